The van der Waals surface area contributed by atoms with Crippen molar-refractivity contribution >= 4 is 9.04 Å². The van der Waals surface area contributed by atoms with E-state index in [-0.39, 0.29) is 0 Å². The van der Waals surface area contributed by atoms with Crippen molar-refractivity contribution < 1.29 is 41.1 Å². The van der Waals surface area contributed by atoms with Crippen LogP contribution in [0.5, 0.6) is 5.75 Å². The first-order valence-corrected chi connectivity index (χ1v) is 6.50. The molecule has 0 bridgehead atoms. The normalized spacial score (nSPS) is 8.62. The molecule has 0 aliphatic rings. The Hall–Kier alpha value is -0.575. The Kier molecular flexibility index (Phi) is 5.70. The van der Waals surface area contributed by atoms with Crippen LogP contribution in [0.2, 0.25) is 0 Å². The van der Waals surface area contributed by atoms with Gasteiger partial charge in [0.05, 0.1) is 0 Å². The zero-order chi connectivity index (χ0) is 10.4. The summed E-state index contributed by atoms with van der Waals surface area (Å²) in [6, 6.07) is 5.69. The number of benzene rings is 1. The number of hydrogen-bond acceptors (Lipinski definition) is 2. The minimum absolute atomic E-state index is 0.433. The number of aromatic hydroxyl groups is 1. The van der Waals surface area contributed by atoms with E-state index in [1.54, 1.807) is 6.07 Å². The predicted molar refractivity (Wildman–Crippen MR) is 45.8 cm³/mol. The van der Waals surface area contributed by atoms with Gasteiger partial charge in [-0.05, 0) is 0 Å². The molecule has 1 aromatic carbocycles. The summed E-state index contributed by atoms with van der Waals surface area (Å²) in [5.74, 6) is -0.400. The summed E-state index contributed by atoms with van der Waals surface area (Å²) in [7, 11) is 0. The van der Waals surface area contributed by atoms with Gasteiger partial charge < -0.3 is 5.11 Å². The van der Waals surface area contributed by atoms with Crippen LogP contribution in [0.3, 0.4) is 0 Å². The molecule has 3 nitrogen and oxygen atoms in total. The number of carboxylic acid groups (broad SMARTS) is 1. The van der Waals surface area contributed by atoms with Gasteiger partial charge in [0, 0.05) is 6.92 Å². The molecule has 0 atom stereocenters. The number of rotatable bonds is 0. The zero-order valence-corrected chi connectivity index (χ0v) is 13.2. The Bertz CT molecular complexity index is 273. The second kappa shape index (κ2) is 5.97. The van der Waals surface area contributed by atoms with E-state index in [0.29, 0.717) is 31.9 Å². The summed E-state index contributed by atoms with van der Waals surface area (Å²) in [5, 5.41) is 16.5. The van der Waals surface area contributed by atoms with E-state index in [4.69, 9.17) is 15.0 Å². The van der Waals surface area contributed by atoms with E-state index in [9.17, 15) is 0 Å². The van der Waals surface area contributed by atoms with E-state index in [1.165, 1.54) is 3.07 Å². The molecule has 0 saturated carbocycles. The van der Waals surface area contributed by atoms with Gasteiger partial charge in [-0.25, -0.2) is 0 Å². The fourth-order valence-electron chi connectivity index (χ4n) is 0.670. The zero-order valence-electron chi connectivity index (χ0n) is 7.74. The van der Waals surface area contributed by atoms with Gasteiger partial charge in [-0.2, -0.15) is 0 Å². The monoisotopic (exact) mass is 369 g/mol. The summed E-state index contributed by atoms with van der Waals surface area (Å²) in [6.07, 6.45) is 0. The Morgan fingerprint density at radius 3 is 2.23 bits per heavy atom. The van der Waals surface area contributed by atoms with Crippen LogP contribution in [-0.4, -0.2) is 16.2 Å². The van der Waals surface area contributed by atoms with E-state index >= 15 is 0 Å². The maximum atomic E-state index is 9.13. The molecule has 0 spiro atoms. The third-order valence-corrected chi connectivity index (χ3v) is 4.40. The summed E-state index contributed by atoms with van der Waals surface area (Å²) in [6.45, 7) is 3.04. The molecule has 0 aromatic heterocycles. The van der Waals surface area contributed by atoms with Crippen LogP contribution in [0, 0.1) is 6.92 Å². The fraction of sp³-hybridized carbons (Fsp3) is 0.222. The third-order valence-electron chi connectivity index (χ3n) is 1.42. The van der Waals surface area contributed by atoms with Crippen molar-refractivity contribution in [1.82, 2.24) is 0 Å². The number of phenolic OH excluding ortho intramolecular Hbond substituents is 1. The molecule has 0 unspecified atom stereocenters. The van der Waals surface area contributed by atoms with Crippen molar-refractivity contribution in [3.8, 4) is 5.75 Å². The van der Waals surface area contributed by atoms with Crippen molar-refractivity contribution in [2.24, 2.45) is 0 Å². The third kappa shape index (κ3) is 5.63. The van der Waals surface area contributed by atoms with Crippen molar-refractivity contribution in [3.05, 3.63) is 23.8 Å². The summed E-state index contributed by atoms with van der Waals surface area (Å²) in [5.41, 5.74) is 1.06. The summed E-state index contributed by atoms with van der Waals surface area (Å²) < 4.78 is 1.33. The average Bonchev–Trinajstić information content (AvgIpc) is 1.99. The van der Waals surface area contributed by atoms with Gasteiger partial charge >= 0.3 is 70.7 Å². The molecule has 0 fully saturated rings. The topological polar surface area (TPSA) is 57.5 Å². The molecule has 0 amide bonds. The molecule has 4 heteroatoms. The van der Waals surface area contributed by atoms with Gasteiger partial charge in [0.1, 0.15) is 0 Å². The number of phenols is 1. The molecule has 13 heavy (non-hydrogen) atoms. The SMILES string of the molecule is CC(=O)O.Cc1c(O)ccc[c]1[Hg]. The number of hydrogen-bond donors (Lipinski definition) is 2. The summed E-state index contributed by atoms with van der Waals surface area (Å²) >= 11 is 0.628. The molecule has 0 aliphatic carbocycles. The van der Waals surface area contributed by atoms with Crippen LogP contribution in [0.15, 0.2) is 18.2 Å². The van der Waals surface area contributed by atoms with Crippen LogP contribution < -0.4 is 3.07 Å². The van der Waals surface area contributed by atoms with E-state index in [2.05, 4.69) is 6.07 Å². The summed E-state index contributed by atoms with van der Waals surface area (Å²) in [4.78, 5) is 9.00. The van der Waals surface area contributed by atoms with Crippen molar-refractivity contribution in [3.63, 3.8) is 0 Å². The van der Waals surface area contributed by atoms with Gasteiger partial charge in [-0.15, -0.1) is 0 Å². The molecule has 0 heterocycles. The first-order chi connectivity index (χ1) is 5.95. The second-order valence-corrected chi connectivity index (χ2v) is 5.54. The van der Waals surface area contributed by atoms with E-state index in [1.807, 2.05) is 13.0 Å². The molecule has 0 saturated heterocycles. The number of carbonyl (C=O) groups is 1. The van der Waals surface area contributed by atoms with Crippen molar-refractivity contribution in [2.45, 2.75) is 13.8 Å². The van der Waals surface area contributed by atoms with Crippen molar-refractivity contribution in [1.29, 1.82) is 0 Å². The van der Waals surface area contributed by atoms with Crippen LogP contribution in [-0.2, 0) is 30.9 Å². The van der Waals surface area contributed by atoms with Crippen LogP contribution >= 0.6 is 0 Å². The average molecular weight is 368 g/mol. The second-order valence-electron chi connectivity index (χ2n) is 2.58. The standard InChI is InChI=1S/C7H7O.C2H4O2.Hg/c1-6-4-2-3-5-7(6)8;1-2(3)4;/h2-3,5,8H,1H3;1H3,(H,3,4);. The molecule has 1 aromatic rings. The fourth-order valence-corrected chi connectivity index (χ4v) is 1.90. The quantitative estimate of drug-likeness (QED) is 0.672. The predicted octanol–water partition coefficient (Wildman–Crippen LogP) is 0.964. The Morgan fingerprint density at radius 2 is 1.92 bits per heavy atom. The van der Waals surface area contributed by atoms with Gasteiger partial charge in [0.25, 0.3) is 5.97 Å². The number of carboxylic acids is 1. The first-order valence-electron chi connectivity index (χ1n) is 3.75. The Balaban J connectivity index is 0.000000310. The minimum atomic E-state index is -0.833. The molecule has 2 N–H and O–H groups in total. The molecular formula is C9H11HgO3. The molecule has 0 aliphatic heterocycles. The molecule has 67 valence electrons. The molecule has 0 radical (unpaired) electrons. The van der Waals surface area contributed by atoms with E-state index in [0.717, 1.165) is 12.5 Å². The van der Waals surface area contributed by atoms with Crippen molar-refractivity contribution in [2.75, 3.05) is 0 Å². The van der Waals surface area contributed by atoms with Crippen LogP contribution in [0.1, 0.15) is 12.5 Å². The van der Waals surface area contributed by atoms with Crippen LogP contribution in [0.25, 0.3) is 0 Å². The van der Waals surface area contributed by atoms with Gasteiger partial charge in [0.2, 0.25) is 0 Å². The van der Waals surface area contributed by atoms with Gasteiger partial charge in [-0.1, -0.05) is 0 Å². The first kappa shape index (κ1) is 12.4. The maximum absolute atomic E-state index is 9.13. The van der Waals surface area contributed by atoms with Gasteiger partial charge in [0.15, 0.2) is 0 Å². The Morgan fingerprint density at radius 1 is 1.46 bits per heavy atom. The van der Waals surface area contributed by atoms with Gasteiger partial charge in [-0.3, -0.25) is 4.79 Å². The van der Waals surface area contributed by atoms with E-state index < -0.39 is 5.97 Å². The number of aliphatic carboxylic acids is 1. The van der Waals surface area contributed by atoms with Crippen LogP contribution in [0.4, 0.5) is 0 Å². The Labute approximate surface area is 93.4 Å². The molecular weight excluding hydrogens is 357 g/mol. The molecule has 1 rings (SSSR count).